The number of likely N-dealkylation sites (N-methyl/N-ethyl adjacent to an activating group) is 2. The lowest BCUT2D eigenvalue weighted by molar-refractivity contribution is 0.0753. The minimum Gasteiger partial charge on any atom is -0.340 e. The molecule has 2 N–H and O–H groups in total. The molecule has 21 heavy (non-hydrogen) atoms. The number of nitrogens with two attached hydrogens (primary N) is 1. The van der Waals surface area contributed by atoms with Crippen molar-refractivity contribution in [3.8, 4) is 0 Å². The van der Waals surface area contributed by atoms with Crippen molar-refractivity contribution in [2.45, 2.75) is 32.2 Å². The second-order valence-electron chi connectivity index (χ2n) is 5.81. The first-order valence-corrected chi connectivity index (χ1v) is 7.94. The van der Waals surface area contributed by atoms with E-state index in [2.05, 4.69) is 11.8 Å². The lowest BCUT2D eigenvalue weighted by atomic mass is 10.0. The van der Waals surface area contributed by atoms with Crippen LogP contribution in [0.5, 0.6) is 0 Å². The topological polar surface area (TPSA) is 49.6 Å². The number of likely N-dealkylation sites (tertiary alicyclic amines) is 1. The van der Waals surface area contributed by atoms with Crippen LogP contribution < -0.4 is 5.73 Å². The van der Waals surface area contributed by atoms with Crippen molar-refractivity contribution < 1.29 is 4.79 Å². The third-order valence-electron chi connectivity index (χ3n) is 4.40. The quantitative estimate of drug-likeness (QED) is 0.868. The van der Waals surface area contributed by atoms with Gasteiger partial charge in [0.25, 0.3) is 5.91 Å². The summed E-state index contributed by atoms with van der Waals surface area (Å²) >= 11 is 0. The number of hydrogen-bond acceptors (Lipinski definition) is 3. The molecular weight excluding hydrogens is 262 g/mol. The highest BCUT2D eigenvalue weighted by molar-refractivity contribution is 5.95. The van der Waals surface area contributed by atoms with Crippen LogP contribution in [0.2, 0.25) is 0 Å². The molecule has 0 bridgehead atoms. The van der Waals surface area contributed by atoms with Crippen molar-refractivity contribution in [2.75, 3.05) is 33.2 Å². The van der Waals surface area contributed by atoms with Crippen LogP contribution in [0, 0.1) is 0 Å². The Morgan fingerprint density at radius 1 is 1.43 bits per heavy atom. The Kier molecular flexibility index (Phi) is 5.76. The van der Waals surface area contributed by atoms with Crippen molar-refractivity contribution in [3.63, 3.8) is 0 Å². The summed E-state index contributed by atoms with van der Waals surface area (Å²) in [6.45, 7) is 5.80. The third-order valence-corrected chi connectivity index (χ3v) is 4.40. The largest absolute Gasteiger partial charge is 0.340 e. The van der Waals surface area contributed by atoms with E-state index in [1.807, 2.05) is 36.2 Å². The molecule has 1 aliphatic heterocycles. The lowest BCUT2D eigenvalue weighted by Gasteiger charge is -2.28. The van der Waals surface area contributed by atoms with Gasteiger partial charge < -0.3 is 10.6 Å². The van der Waals surface area contributed by atoms with Gasteiger partial charge in [-0.05, 0) is 50.5 Å². The third kappa shape index (κ3) is 3.83. The van der Waals surface area contributed by atoms with Crippen LogP contribution in [-0.4, -0.2) is 55.0 Å². The first kappa shape index (κ1) is 16.0. The molecular formula is C17H27N3O. The molecule has 1 amide bonds. The zero-order chi connectivity index (χ0) is 15.2. The summed E-state index contributed by atoms with van der Waals surface area (Å²) < 4.78 is 0. The van der Waals surface area contributed by atoms with E-state index in [0.29, 0.717) is 12.6 Å². The molecule has 0 aliphatic carbocycles. The number of benzene rings is 1. The fourth-order valence-corrected chi connectivity index (χ4v) is 3.23. The minimum absolute atomic E-state index is 0.113. The maximum atomic E-state index is 12.7. The van der Waals surface area contributed by atoms with Crippen LogP contribution in [0.25, 0.3) is 0 Å². The predicted molar refractivity (Wildman–Crippen MR) is 86.4 cm³/mol. The summed E-state index contributed by atoms with van der Waals surface area (Å²) in [7, 11) is 1.91. The summed E-state index contributed by atoms with van der Waals surface area (Å²) in [6.07, 6.45) is 3.18. The number of amides is 1. The molecule has 1 atom stereocenters. The molecule has 0 aromatic heterocycles. The number of carbonyl (C=O) groups excluding carboxylic acids is 1. The molecule has 4 heteroatoms. The van der Waals surface area contributed by atoms with E-state index in [0.717, 1.165) is 37.2 Å². The van der Waals surface area contributed by atoms with Crippen LogP contribution in [0.4, 0.5) is 0 Å². The SMILES string of the molecule is CCN1CCCC1CN(C)C(=O)c1ccccc1CCN. The molecule has 116 valence electrons. The Bertz CT molecular complexity index is 475. The molecule has 1 aromatic carbocycles. The molecule has 1 unspecified atom stereocenters. The number of nitrogens with zero attached hydrogens (tertiary/aromatic N) is 2. The zero-order valence-corrected chi connectivity index (χ0v) is 13.2. The number of carbonyl (C=O) groups is 1. The smallest absolute Gasteiger partial charge is 0.253 e. The summed E-state index contributed by atoms with van der Waals surface area (Å²) in [5.74, 6) is 0.113. The van der Waals surface area contributed by atoms with E-state index in [4.69, 9.17) is 5.73 Å². The Labute approximate surface area is 127 Å². The van der Waals surface area contributed by atoms with Gasteiger partial charge in [0, 0.05) is 25.2 Å². The fraction of sp³-hybridized carbons (Fsp3) is 0.588. The van der Waals surface area contributed by atoms with E-state index in [1.165, 1.54) is 12.8 Å². The van der Waals surface area contributed by atoms with Crippen LogP contribution in [0.1, 0.15) is 35.7 Å². The van der Waals surface area contributed by atoms with Gasteiger partial charge in [0.2, 0.25) is 0 Å². The molecule has 2 rings (SSSR count). The van der Waals surface area contributed by atoms with Crippen molar-refractivity contribution in [2.24, 2.45) is 5.73 Å². The van der Waals surface area contributed by atoms with Gasteiger partial charge in [-0.25, -0.2) is 0 Å². The highest BCUT2D eigenvalue weighted by atomic mass is 16.2. The van der Waals surface area contributed by atoms with E-state index < -0.39 is 0 Å². The van der Waals surface area contributed by atoms with Crippen molar-refractivity contribution >= 4 is 5.91 Å². The van der Waals surface area contributed by atoms with Gasteiger partial charge in [0.05, 0.1) is 0 Å². The van der Waals surface area contributed by atoms with Gasteiger partial charge in [-0.3, -0.25) is 9.69 Å². The molecule has 0 spiro atoms. The normalized spacial score (nSPS) is 18.9. The Morgan fingerprint density at radius 2 is 2.19 bits per heavy atom. The second kappa shape index (κ2) is 7.57. The van der Waals surface area contributed by atoms with Crippen LogP contribution in [-0.2, 0) is 6.42 Å². The average molecular weight is 289 g/mol. The standard InChI is InChI=1S/C17H27N3O/c1-3-20-12-6-8-15(20)13-19(2)17(21)16-9-5-4-7-14(16)10-11-18/h4-5,7,9,15H,3,6,8,10-13,18H2,1-2H3. The van der Waals surface area contributed by atoms with Crippen LogP contribution >= 0.6 is 0 Å². The van der Waals surface area contributed by atoms with E-state index in [-0.39, 0.29) is 5.91 Å². The predicted octanol–water partition coefficient (Wildman–Crippen LogP) is 1.74. The summed E-state index contributed by atoms with van der Waals surface area (Å²) in [5, 5.41) is 0. The first-order chi connectivity index (χ1) is 10.2. The minimum atomic E-state index is 0.113. The first-order valence-electron chi connectivity index (χ1n) is 7.94. The van der Waals surface area contributed by atoms with E-state index in [1.54, 1.807) is 0 Å². The van der Waals surface area contributed by atoms with Crippen molar-refractivity contribution in [3.05, 3.63) is 35.4 Å². The van der Waals surface area contributed by atoms with Gasteiger partial charge in [-0.1, -0.05) is 25.1 Å². The molecule has 1 heterocycles. The van der Waals surface area contributed by atoms with Crippen molar-refractivity contribution in [1.82, 2.24) is 9.80 Å². The van der Waals surface area contributed by atoms with Gasteiger partial charge in [0.15, 0.2) is 0 Å². The van der Waals surface area contributed by atoms with E-state index >= 15 is 0 Å². The Morgan fingerprint density at radius 3 is 2.90 bits per heavy atom. The highest BCUT2D eigenvalue weighted by Crippen LogP contribution is 2.19. The Hall–Kier alpha value is -1.39. The molecule has 4 nitrogen and oxygen atoms in total. The maximum Gasteiger partial charge on any atom is 0.253 e. The zero-order valence-electron chi connectivity index (χ0n) is 13.2. The average Bonchev–Trinajstić information content (AvgIpc) is 2.94. The molecule has 0 radical (unpaired) electrons. The number of rotatable bonds is 6. The van der Waals surface area contributed by atoms with Gasteiger partial charge in [0.1, 0.15) is 0 Å². The summed E-state index contributed by atoms with van der Waals surface area (Å²) in [6, 6.07) is 8.32. The van der Waals surface area contributed by atoms with Crippen LogP contribution in [0.15, 0.2) is 24.3 Å². The summed E-state index contributed by atoms with van der Waals surface area (Å²) in [5.41, 5.74) is 7.49. The second-order valence-corrected chi connectivity index (χ2v) is 5.81. The summed E-state index contributed by atoms with van der Waals surface area (Å²) in [4.78, 5) is 17.0. The lowest BCUT2D eigenvalue weighted by Crippen LogP contribution is -2.41. The van der Waals surface area contributed by atoms with Gasteiger partial charge >= 0.3 is 0 Å². The molecule has 1 saturated heterocycles. The van der Waals surface area contributed by atoms with E-state index in [9.17, 15) is 4.79 Å². The van der Waals surface area contributed by atoms with Crippen molar-refractivity contribution in [1.29, 1.82) is 0 Å². The Balaban J connectivity index is 2.05. The molecule has 1 aliphatic rings. The fourth-order valence-electron chi connectivity index (χ4n) is 3.23. The van der Waals surface area contributed by atoms with Gasteiger partial charge in [-0.15, -0.1) is 0 Å². The molecule has 0 saturated carbocycles. The van der Waals surface area contributed by atoms with Crippen LogP contribution in [0.3, 0.4) is 0 Å². The molecule has 1 fully saturated rings. The van der Waals surface area contributed by atoms with Gasteiger partial charge in [-0.2, -0.15) is 0 Å². The monoisotopic (exact) mass is 289 g/mol. The highest BCUT2D eigenvalue weighted by Gasteiger charge is 2.26. The maximum absolute atomic E-state index is 12.7. The number of hydrogen-bond donors (Lipinski definition) is 1. The molecule has 1 aromatic rings.